The molecule has 3 rings (SSSR count). The molecule has 1 amide bonds. The Kier molecular flexibility index (Phi) is 4.23. The van der Waals surface area contributed by atoms with E-state index in [2.05, 4.69) is 0 Å². The Morgan fingerprint density at radius 1 is 1.32 bits per heavy atom. The first-order valence-corrected chi connectivity index (χ1v) is 7.88. The Balaban J connectivity index is 1.96. The number of phenols is 1. The molecule has 0 unspecified atom stereocenters. The van der Waals surface area contributed by atoms with E-state index in [4.69, 9.17) is 17.3 Å². The largest absolute Gasteiger partial charge is 0.507 e. The zero-order valence-electron chi connectivity index (χ0n) is 12.3. The maximum atomic E-state index is 11.6. The number of carbonyl (C=O) groups excluding carboxylic acids is 1. The number of rotatable bonds is 3. The topological polar surface area (TPSA) is 66.6 Å². The standard InChI is InChI=1S/C17H19ClN2O2/c18-14-9-11(16(21)13-6-2-1-5-12(13)14)10-20-8-4-3-7-15(20)17(19)22/h1-2,5-6,9,15,21H,3-4,7-8,10H2,(H2,19,22)/t15-/m1/s1. The Morgan fingerprint density at radius 3 is 2.77 bits per heavy atom. The number of aromatic hydroxyl groups is 1. The summed E-state index contributed by atoms with van der Waals surface area (Å²) in [5.74, 6) is -0.0696. The summed E-state index contributed by atoms with van der Waals surface area (Å²) in [6.07, 6.45) is 2.82. The first-order valence-electron chi connectivity index (χ1n) is 7.50. The van der Waals surface area contributed by atoms with Crippen molar-refractivity contribution in [3.63, 3.8) is 0 Å². The SMILES string of the molecule is NC(=O)[C@H]1CCCCN1Cc1cc(Cl)c2ccccc2c1O. The second kappa shape index (κ2) is 6.15. The van der Waals surface area contributed by atoms with E-state index < -0.39 is 0 Å². The second-order valence-corrected chi connectivity index (χ2v) is 6.20. The summed E-state index contributed by atoms with van der Waals surface area (Å²) in [7, 11) is 0. The Morgan fingerprint density at radius 2 is 2.05 bits per heavy atom. The van der Waals surface area contributed by atoms with Crippen LogP contribution < -0.4 is 5.73 Å². The van der Waals surface area contributed by atoms with Crippen molar-refractivity contribution in [1.82, 2.24) is 4.90 Å². The number of hydrogen-bond acceptors (Lipinski definition) is 3. The molecule has 3 N–H and O–H groups in total. The van der Waals surface area contributed by atoms with E-state index in [9.17, 15) is 9.90 Å². The number of phenolic OH excluding ortho intramolecular Hbond substituents is 1. The summed E-state index contributed by atoms with van der Waals surface area (Å²) in [6, 6.07) is 9.01. The van der Waals surface area contributed by atoms with Crippen molar-refractivity contribution < 1.29 is 9.90 Å². The lowest BCUT2D eigenvalue weighted by molar-refractivity contribution is -0.124. The van der Waals surface area contributed by atoms with E-state index in [0.29, 0.717) is 11.6 Å². The highest BCUT2D eigenvalue weighted by Gasteiger charge is 2.27. The first-order chi connectivity index (χ1) is 10.6. The average Bonchev–Trinajstić information content (AvgIpc) is 2.53. The van der Waals surface area contributed by atoms with Gasteiger partial charge < -0.3 is 10.8 Å². The zero-order valence-corrected chi connectivity index (χ0v) is 13.0. The van der Waals surface area contributed by atoms with Gasteiger partial charge in [-0.05, 0) is 25.5 Å². The van der Waals surface area contributed by atoms with Crippen molar-refractivity contribution in [1.29, 1.82) is 0 Å². The summed E-state index contributed by atoms with van der Waals surface area (Å²) in [5, 5.41) is 12.7. The zero-order chi connectivity index (χ0) is 15.7. The van der Waals surface area contributed by atoms with Crippen molar-refractivity contribution in [2.75, 3.05) is 6.54 Å². The summed E-state index contributed by atoms with van der Waals surface area (Å²) in [5.41, 5.74) is 6.23. The van der Waals surface area contributed by atoms with Gasteiger partial charge in [0.05, 0.1) is 6.04 Å². The van der Waals surface area contributed by atoms with Crippen LogP contribution in [0.4, 0.5) is 0 Å². The molecule has 1 aliphatic rings. The lowest BCUT2D eigenvalue weighted by atomic mass is 9.99. The van der Waals surface area contributed by atoms with Crippen LogP contribution in [-0.2, 0) is 11.3 Å². The Bertz CT molecular complexity index is 717. The molecule has 0 aliphatic carbocycles. The van der Waals surface area contributed by atoms with E-state index in [1.807, 2.05) is 29.2 Å². The number of primary amides is 1. The van der Waals surface area contributed by atoms with Crippen molar-refractivity contribution in [3.8, 4) is 5.75 Å². The molecule has 1 heterocycles. The number of nitrogens with two attached hydrogens (primary N) is 1. The number of fused-ring (bicyclic) bond motifs is 1. The third-order valence-corrected chi connectivity index (χ3v) is 4.67. The molecule has 5 heteroatoms. The van der Waals surface area contributed by atoms with Crippen LogP contribution in [0, 0.1) is 0 Å². The maximum absolute atomic E-state index is 11.6. The van der Waals surface area contributed by atoms with Crippen LogP contribution in [-0.4, -0.2) is 28.5 Å². The average molecular weight is 319 g/mol. The molecule has 0 saturated carbocycles. The predicted octanol–water partition coefficient (Wildman–Crippen LogP) is 3.04. The lowest BCUT2D eigenvalue weighted by Gasteiger charge is -2.33. The fraction of sp³-hybridized carbons (Fsp3) is 0.353. The van der Waals surface area contributed by atoms with Gasteiger partial charge in [0.25, 0.3) is 0 Å². The molecular formula is C17H19ClN2O2. The summed E-state index contributed by atoms with van der Waals surface area (Å²) in [6.45, 7) is 1.28. The van der Waals surface area contributed by atoms with Gasteiger partial charge >= 0.3 is 0 Å². The van der Waals surface area contributed by atoms with Gasteiger partial charge in [-0.25, -0.2) is 0 Å². The van der Waals surface area contributed by atoms with Gasteiger partial charge in [0.2, 0.25) is 5.91 Å². The number of halogens is 1. The van der Waals surface area contributed by atoms with Crippen molar-refractivity contribution in [2.24, 2.45) is 5.73 Å². The first kappa shape index (κ1) is 15.1. The fourth-order valence-corrected chi connectivity index (χ4v) is 3.51. The number of benzene rings is 2. The normalized spacial score (nSPS) is 19.4. The molecule has 1 fully saturated rings. The number of hydrogen-bond donors (Lipinski definition) is 2. The minimum Gasteiger partial charge on any atom is -0.507 e. The fourth-order valence-electron chi connectivity index (χ4n) is 3.21. The molecule has 2 aromatic carbocycles. The van der Waals surface area contributed by atoms with Gasteiger partial charge in [0.1, 0.15) is 5.75 Å². The third kappa shape index (κ3) is 2.76. The summed E-state index contributed by atoms with van der Waals surface area (Å²) >= 11 is 6.33. The van der Waals surface area contributed by atoms with Gasteiger partial charge in [-0.2, -0.15) is 0 Å². The summed E-state index contributed by atoms with van der Waals surface area (Å²) in [4.78, 5) is 13.6. The summed E-state index contributed by atoms with van der Waals surface area (Å²) < 4.78 is 0. The molecule has 1 atom stereocenters. The molecule has 0 radical (unpaired) electrons. The van der Waals surface area contributed by atoms with E-state index in [1.165, 1.54) is 0 Å². The number of carbonyl (C=O) groups is 1. The van der Waals surface area contributed by atoms with E-state index >= 15 is 0 Å². The van der Waals surface area contributed by atoms with Gasteiger partial charge in [0.15, 0.2) is 0 Å². The predicted molar refractivity (Wildman–Crippen MR) is 87.9 cm³/mol. The van der Waals surface area contributed by atoms with Crippen molar-refractivity contribution in [2.45, 2.75) is 31.8 Å². The molecule has 4 nitrogen and oxygen atoms in total. The number of likely N-dealkylation sites (tertiary alicyclic amines) is 1. The Labute approximate surface area is 134 Å². The monoisotopic (exact) mass is 318 g/mol. The van der Waals surface area contributed by atoms with Crippen LogP contribution in [0.15, 0.2) is 30.3 Å². The highest BCUT2D eigenvalue weighted by atomic mass is 35.5. The minimum atomic E-state index is -0.300. The Hall–Kier alpha value is -1.78. The van der Waals surface area contributed by atoms with E-state index in [-0.39, 0.29) is 17.7 Å². The molecule has 0 aromatic heterocycles. The molecule has 0 bridgehead atoms. The van der Waals surface area contributed by atoms with Gasteiger partial charge in [-0.15, -0.1) is 0 Å². The van der Waals surface area contributed by atoms with Crippen molar-refractivity contribution in [3.05, 3.63) is 40.9 Å². The maximum Gasteiger partial charge on any atom is 0.234 e. The highest BCUT2D eigenvalue weighted by molar-refractivity contribution is 6.35. The van der Waals surface area contributed by atoms with Crippen LogP contribution in [0.2, 0.25) is 5.02 Å². The third-order valence-electron chi connectivity index (χ3n) is 4.36. The van der Waals surface area contributed by atoms with Crippen LogP contribution in [0.3, 0.4) is 0 Å². The molecule has 22 heavy (non-hydrogen) atoms. The van der Waals surface area contributed by atoms with Crippen molar-refractivity contribution >= 4 is 28.3 Å². The molecule has 1 aliphatic heterocycles. The van der Waals surface area contributed by atoms with Gasteiger partial charge in [-0.3, -0.25) is 9.69 Å². The van der Waals surface area contributed by atoms with E-state index in [0.717, 1.165) is 42.1 Å². The van der Waals surface area contributed by atoms with Crippen LogP contribution >= 0.6 is 11.6 Å². The van der Waals surface area contributed by atoms with Gasteiger partial charge in [0, 0.05) is 27.9 Å². The van der Waals surface area contributed by atoms with Crippen LogP contribution in [0.25, 0.3) is 10.8 Å². The molecule has 2 aromatic rings. The number of nitrogens with zero attached hydrogens (tertiary/aromatic N) is 1. The number of amides is 1. The molecule has 0 spiro atoms. The lowest BCUT2D eigenvalue weighted by Crippen LogP contribution is -2.47. The quantitative estimate of drug-likeness (QED) is 0.914. The molecular weight excluding hydrogens is 300 g/mol. The molecule has 116 valence electrons. The van der Waals surface area contributed by atoms with E-state index in [1.54, 1.807) is 6.07 Å². The second-order valence-electron chi connectivity index (χ2n) is 5.80. The van der Waals surface area contributed by atoms with Gasteiger partial charge in [-0.1, -0.05) is 42.3 Å². The number of piperidine rings is 1. The van der Waals surface area contributed by atoms with Crippen LogP contribution in [0.1, 0.15) is 24.8 Å². The minimum absolute atomic E-state index is 0.230. The highest BCUT2D eigenvalue weighted by Crippen LogP contribution is 2.35. The van der Waals surface area contributed by atoms with Crippen LogP contribution in [0.5, 0.6) is 5.75 Å². The smallest absolute Gasteiger partial charge is 0.234 e. The molecule has 1 saturated heterocycles.